The van der Waals surface area contributed by atoms with Gasteiger partial charge in [-0.3, -0.25) is 14.2 Å². The third-order valence-corrected chi connectivity index (χ3v) is 4.80. The van der Waals surface area contributed by atoms with Crippen LogP contribution in [0.1, 0.15) is 10.4 Å². The number of fused-ring (bicyclic) bond motifs is 1. The van der Waals surface area contributed by atoms with Gasteiger partial charge in [-0.1, -0.05) is 36.0 Å². The lowest BCUT2D eigenvalue weighted by Crippen LogP contribution is -2.25. The monoisotopic (exact) mass is 372 g/mol. The van der Waals surface area contributed by atoms with Crippen LogP contribution in [0.5, 0.6) is 0 Å². The Morgan fingerprint density at radius 2 is 2.04 bits per heavy atom. The van der Waals surface area contributed by atoms with E-state index in [1.165, 1.54) is 22.8 Å². The first-order valence-electron chi connectivity index (χ1n) is 8.00. The molecule has 0 aliphatic carbocycles. The molecule has 5 nitrogen and oxygen atoms in total. The fourth-order valence-electron chi connectivity index (χ4n) is 2.51. The first kappa shape index (κ1) is 18.3. The molecule has 26 heavy (non-hydrogen) atoms. The fraction of sp³-hybridized carbons (Fsp3) is 0.211. The van der Waals surface area contributed by atoms with Gasteiger partial charge in [0, 0.05) is 12.7 Å². The molecule has 0 spiro atoms. The van der Waals surface area contributed by atoms with Gasteiger partial charge in [0.15, 0.2) is 10.9 Å². The maximum Gasteiger partial charge on any atom is 0.262 e. The van der Waals surface area contributed by atoms with Gasteiger partial charge in [-0.2, -0.15) is 0 Å². The Hall–Kier alpha value is -2.51. The number of hydrogen-bond acceptors (Lipinski definition) is 5. The second-order valence-corrected chi connectivity index (χ2v) is 6.53. The molecule has 7 heteroatoms. The molecule has 3 rings (SSSR count). The van der Waals surface area contributed by atoms with Crippen LogP contribution in [0.25, 0.3) is 10.9 Å². The lowest BCUT2D eigenvalue weighted by atomic mass is 10.1. The summed E-state index contributed by atoms with van der Waals surface area (Å²) in [6, 6.07) is 12.6. The van der Waals surface area contributed by atoms with Crippen molar-refractivity contribution < 1.29 is 13.9 Å². The van der Waals surface area contributed by atoms with Crippen molar-refractivity contribution in [1.29, 1.82) is 0 Å². The van der Waals surface area contributed by atoms with Crippen molar-refractivity contribution in [1.82, 2.24) is 9.55 Å². The molecule has 1 aromatic heterocycles. The van der Waals surface area contributed by atoms with Crippen LogP contribution >= 0.6 is 11.8 Å². The highest BCUT2D eigenvalue weighted by atomic mass is 32.2. The predicted octanol–water partition coefficient (Wildman–Crippen LogP) is 3.16. The number of benzene rings is 2. The zero-order chi connectivity index (χ0) is 18.5. The van der Waals surface area contributed by atoms with Gasteiger partial charge in [-0.15, -0.1) is 0 Å². The van der Waals surface area contributed by atoms with Gasteiger partial charge in [-0.25, -0.2) is 9.37 Å². The zero-order valence-corrected chi connectivity index (χ0v) is 15.0. The van der Waals surface area contributed by atoms with Gasteiger partial charge in [0.1, 0.15) is 5.82 Å². The summed E-state index contributed by atoms with van der Waals surface area (Å²) in [5.74, 6) is -0.627. The molecule has 0 amide bonds. The Morgan fingerprint density at radius 1 is 1.23 bits per heavy atom. The average molecular weight is 372 g/mol. The summed E-state index contributed by atoms with van der Waals surface area (Å²) in [7, 11) is 1.56. The van der Waals surface area contributed by atoms with E-state index in [0.29, 0.717) is 34.8 Å². The van der Waals surface area contributed by atoms with Crippen LogP contribution in [0.3, 0.4) is 0 Å². The highest BCUT2D eigenvalue weighted by Crippen LogP contribution is 2.19. The van der Waals surface area contributed by atoms with Gasteiger partial charge in [0.05, 0.1) is 29.8 Å². The van der Waals surface area contributed by atoms with Gasteiger partial charge < -0.3 is 4.74 Å². The van der Waals surface area contributed by atoms with Crippen LogP contribution in [0, 0.1) is 5.82 Å². The van der Waals surface area contributed by atoms with Gasteiger partial charge in [0.2, 0.25) is 0 Å². The highest BCUT2D eigenvalue weighted by molar-refractivity contribution is 7.99. The summed E-state index contributed by atoms with van der Waals surface area (Å²) >= 11 is 1.16. The minimum Gasteiger partial charge on any atom is -0.383 e. The first-order valence-corrected chi connectivity index (χ1v) is 8.99. The lowest BCUT2D eigenvalue weighted by molar-refractivity contribution is 0.102. The van der Waals surface area contributed by atoms with E-state index < -0.39 is 5.82 Å². The lowest BCUT2D eigenvalue weighted by Gasteiger charge is -2.12. The number of thioether (sulfide) groups is 1. The molecular formula is C19H17FN2O3S. The molecule has 0 saturated carbocycles. The maximum atomic E-state index is 13.3. The number of Topliss-reactive ketones (excluding diaryl/α,β-unsaturated/α-hetero) is 1. The van der Waals surface area contributed by atoms with Crippen molar-refractivity contribution in [3.8, 4) is 0 Å². The number of methoxy groups -OCH3 is 1. The predicted molar refractivity (Wildman–Crippen MR) is 99.3 cm³/mol. The Bertz CT molecular complexity index is 1000. The number of para-hydroxylation sites is 1. The molecule has 0 saturated heterocycles. The second kappa shape index (κ2) is 8.25. The SMILES string of the molecule is COCCn1c(SCC(=O)c2cccc(F)c2)nc2ccccc2c1=O. The molecule has 3 aromatic rings. The summed E-state index contributed by atoms with van der Waals surface area (Å²) in [6.45, 7) is 0.689. The van der Waals surface area contributed by atoms with Crippen LogP contribution in [-0.4, -0.2) is 34.8 Å². The second-order valence-electron chi connectivity index (χ2n) is 5.58. The molecular weight excluding hydrogens is 355 g/mol. The highest BCUT2D eigenvalue weighted by Gasteiger charge is 2.14. The Morgan fingerprint density at radius 3 is 2.81 bits per heavy atom. The molecule has 0 radical (unpaired) electrons. The fourth-order valence-corrected chi connectivity index (χ4v) is 3.43. The van der Waals surface area contributed by atoms with E-state index in [2.05, 4.69) is 4.98 Å². The van der Waals surface area contributed by atoms with Crippen LogP contribution in [0.2, 0.25) is 0 Å². The number of carbonyl (C=O) groups excluding carboxylic acids is 1. The molecule has 0 aliphatic heterocycles. The van der Waals surface area contributed by atoms with E-state index in [4.69, 9.17) is 4.74 Å². The Kier molecular flexibility index (Phi) is 5.80. The normalized spacial score (nSPS) is 11.0. The number of aromatic nitrogens is 2. The quantitative estimate of drug-likeness (QED) is 0.362. The van der Waals surface area contributed by atoms with Gasteiger partial charge >= 0.3 is 0 Å². The van der Waals surface area contributed by atoms with Crippen molar-refractivity contribution in [3.63, 3.8) is 0 Å². The summed E-state index contributed by atoms with van der Waals surface area (Å²) < 4.78 is 19.9. The minimum atomic E-state index is -0.457. The molecule has 0 atom stereocenters. The van der Waals surface area contributed by atoms with E-state index in [1.807, 2.05) is 0 Å². The number of rotatable bonds is 7. The van der Waals surface area contributed by atoms with Crippen molar-refractivity contribution >= 4 is 28.4 Å². The van der Waals surface area contributed by atoms with Crippen LogP contribution < -0.4 is 5.56 Å². The van der Waals surface area contributed by atoms with Crippen molar-refractivity contribution in [3.05, 3.63) is 70.3 Å². The van der Waals surface area contributed by atoms with Crippen LogP contribution in [0.4, 0.5) is 4.39 Å². The summed E-state index contributed by atoms with van der Waals surface area (Å²) in [6.07, 6.45) is 0. The number of nitrogens with zero attached hydrogens (tertiary/aromatic N) is 2. The summed E-state index contributed by atoms with van der Waals surface area (Å²) in [5, 5.41) is 0.958. The molecule has 2 aromatic carbocycles. The van der Waals surface area contributed by atoms with Crippen LogP contribution in [0.15, 0.2) is 58.5 Å². The van der Waals surface area contributed by atoms with E-state index >= 15 is 0 Å². The minimum absolute atomic E-state index is 0.0568. The van der Waals surface area contributed by atoms with Crippen LogP contribution in [-0.2, 0) is 11.3 Å². The molecule has 0 fully saturated rings. The topological polar surface area (TPSA) is 61.2 Å². The van der Waals surface area contributed by atoms with Crippen molar-refractivity contribution in [2.75, 3.05) is 19.5 Å². The van der Waals surface area contributed by atoms with Crippen molar-refractivity contribution in [2.24, 2.45) is 0 Å². The Labute approximate surface area is 153 Å². The molecule has 0 aliphatic rings. The summed E-state index contributed by atoms with van der Waals surface area (Å²) in [5.41, 5.74) is 0.698. The molecule has 134 valence electrons. The van der Waals surface area contributed by atoms with E-state index in [1.54, 1.807) is 37.4 Å². The third kappa shape index (κ3) is 4.00. The molecule has 0 N–H and O–H groups in total. The smallest absolute Gasteiger partial charge is 0.262 e. The Balaban J connectivity index is 1.90. The van der Waals surface area contributed by atoms with E-state index in [0.717, 1.165) is 11.8 Å². The number of carbonyl (C=O) groups is 1. The summed E-state index contributed by atoms with van der Waals surface area (Å²) in [4.78, 5) is 29.6. The standard InChI is InChI=1S/C19H17FN2O3S/c1-25-10-9-22-18(24)15-7-2-3-8-16(15)21-19(22)26-12-17(23)13-5-4-6-14(20)11-13/h2-8,11H,9-10,12H2,1H3. The average Bonchev–Trinajstić information content (AvgIpc) is 2.65. The third-order valence-electron chi connectivity index (χ3n) is 3.82. The van der Waals surface area contributed by atoms with Crippen molar-refractivity contribution in [2.45, 2.75) is 11.7 Å². The van der Waals surface area contributed by atoms with E-state index in [-0.39, 0.29) is 17.1 Å². The number of ketones is 1. The molecule has 1 heterocycles. The number of ether oxygens (including phenoxy) is 1. The maximum absolute atomic E-state index is 13.3. The number of hydrogen-bond donors (Lipinski definition) is 0. The van der Waals surface area contributed by atoms with Gasteiger partial charge in [0.25, 0.3) is 5.56 Å². The van der Waals surface area contributed by atoms with E-state index in [9.17, 15) is 14.0 Å². The molecule has 0 unspecified atom stereocenters. The number of halogens is 1. The van der Waals surface area contributed by atoms with Gasteiger partial charge in [-0.05, 0) is 24.3 Å². The first-order chi connectivity index (χ1) is 12.6. The molecule has 0 bridgehead atoms. The zero-order valence-electron chi connectivity index (χ0n) is 14.1. The largest absolute Gasteiger partial charge is 0.383 e.